The monoisotopic (exact) mass is 367 g/mol. The van der Waals surface area contributed by atoms with E-state index in [1.54, 1.807) is 18.2 Å². The SMILES string of the molecule is COc1cc(C)c(C)cc1S(=O)(=O)NCCc1ccc(C(C)=O)s1. The van der Waals surface area contributed by atoms with Crippen molar-refractivity contribution < 1.29 is 17.9 Å². The number of thiophene rings is 1. The summed E-state index contributed by atoms with van der Waals surface area (Å²) in [7, 11) is -2.20. The first-order valence-corrected chi connectivity index (χ1v) is 9.79. The summed E-state index contributed by atoms with van der Waals surface area (Å²) < 4.78 is 32.9. The van der Waals surface area contributed by atoms with Gasteiger partial charge >= 0.3 is 0 Å². The van der Waals surface area contributed by atoms with E-state index in [2.05, 4.69) is 4.72 Å². The minimum atomic E-state index is -3.66. The lowest BCUT2D eigenvalue weighted by Gasteiger charge is -2.13. The molecule has 0 aliphatic heterocycles. The molecule has 7 heteroatoms. The summed E-state index contributed by atoms with van der Waals surface area (Å²) in [5.41, 5.74) is 1.86. The smallest absolute Gasteiger partial charge is 0.244 e. The van der Waals surface area contributed by atoms with Gasteiger partial charge in [0.25, 0.3) is 0 Å². The Kier molecular flexibility index (Phi) is 5.79. The quantitative estimate of drug-likeness (QED) is 0.763. The maximum Gasteiger partial charge on any atom is 0.244 e. The molecular formula is C17H21NO4S2. The molecule has 0 radical (unpaired) electrons. The molecule has 0 amide bonds. The molecule has 2 aromatic rings. The molecule has 1 heterocycles. The molecule has 5 nitrogen and oxygen atoms in total. The van der Waals surface area contributed by atoms with Crippen LogP contribution in [0.1, 0.15) is 32.6 Å². The van der Waals surface area contributed by atoms with Crippen LogP contribution in [-0.4, -0.2) is 27.9 Å². The van der Waals surface area contributed by atoms with Crippen LogP contribution in [0.15, 0.2) is 29.2 Å². The third kappa shape index (κ3) is 4.23. The molecule has 1 N–H and O–H groups in total. The summed E-state index contributed by atoms with van der Waals surface area (Å²) in [4.78, 5) is 13.1. The maximum atomic E-state index is 12.5. The molecule has 0 saturated carbocycles. The van der Waals surface area contributed by atoms with Gasteiger partial charge in [0.1, 0.15) is 10.6 Å². The van der Waals surface area contributed by atoms with Crippen LogP contribution in [0.25, 0.3) is 0 Å². The molecule has 0 aliphatic carbocycles. The Labute approximate surface area is 146 Å². The van der Waals surface area contributed by atoms with E-state index in [9.17, 15) is 13.2 Å². The van der Waals surface area contributed by atoms with Crippen molar-refractivity contribution in [3.63, 3.8) is 0 Å². The maximum absolute atomic E-state index is 12.5. The van der Waals surface area contributed by atoms with Crippen molar-refractivity contribution >= 4 is 27.1 Å². The number of benzene rings is 1. The Morgan fingerprint density at radius 3 is 2.46 bits per heavy atom. The Hall–Kier alpha value is -1.70. The highest BCUT2D eigenvalue weighted by atomic mass is 32.2. The molecule has 2 rings (SSSR count). The van der Waals surface area contributed by atoms with Crippen LogP contribution in [0.3, 0.4) is 0 Å². The molecule has 0 unspecified atom stereocenters. The van der Waals surface area contributed by atoms with E-state index in [-0.39, 0.29) is 17.2 Å². The van der Waals surface area contributed by atoms with E-state index in [0.29, 0.717) is 17.0 Å². The zero-order valence-electron chi connectivity index (χ0n) is 14.2. The molecule has 0 aliphatic rings. The number of carbonyl (C=O) groups excluding carboxylic acids is 1. The molecule has 0 spiro atoms. The van der Waals surface area contributed by atoms with Crippen LogP contribution < -0.4 is 9.46 Å². The predicted molar refractivity (Wildman–Crippen MR) is 95.7 cm³/mol. The molecule has 0 saturated heterocycles. The van der Waals surface area contributed by atoms with Gasteiger partial charge in [0, 0.05) is 11.4 Å². The van der Waals surface area contributed by atoms with Gasteiger partial charge in [-0.25, -0.2) is 13.1 Å². The van der Waals surface area contributed by atoms with Gasteiger partial charge in [0.15, 0.2) is 5.78 Å². The van der Waals surface area contributed by atoms with E-state index in [1.807, 2.05) is 19.9 Å². The van der Waals surface area contributed by atoms with Crippen molar-refractivity contribution in [3.05, 3.63) is 45.1 Å². The largest absolute Gasteiger partial charge is 0.495 e. The van der Waals surface area contributed by atoms with E-state index < -0.39 is 10.0 Å². The van der Waals surface area contributed by atoms with Gasteiger partial charge in [0.2, 0.25) is 10.0 Å². The average molecular weight is 367 g/mol. The van der Waals surface area contributed by atoms with Crippen molar-refractivity contribution in [3.8, 4) is 5.75 Å². The zero-order valence-corrected chi connectivity index (χ0v) is 15.8. The number of Topliss-reactive ketones (excluding diaryl/α,β-unsaturated/α-hetero) is 1. The molecule has 0 bridgehead atoms. The topological polar surface area (TPSA) is 72.5 Å². The second-order valence-electron chi connectivity index (χ2n) is 5.56. The lowest BCUT2D eigenvalue weighted by Crippen LogP contribution is -2.26. The van der Waals surface area contributed by atoms with Gasteiger partial charge in [0.05, 0.1) is 12.0 Å². The molecule has 24 heavy (non-hydrogen) atoms. The lowest BCUT2D eigenvalue weighted by molar-refractivity contribution is 0.102. The van der Waals surface area contributed by atoms with Crippen LogP contribution >= 0.6 is 11.3 Å². The fourth-order valence-electron chi connectivity index (χ4n) is 2.22. The zero-order chi connectivity index (χ0) is 17.9. The van der Waals surface area contributed by atoms with Crippen molar-refractivity contribution in [2.75, 3.05) is 13.7 Å². The van der Waals surface area contributed by atoms with Crippen molar-refractivity contribution in [2.24, 2.45) is 0 Å². The van der Waals surface area contributed by atoms with Crippen LogP contribution in [0.4, 0.5) is 0 Å². The summed E-state index contributed by atoms with van der Waals surface area (Å²) in [5, 5.41) is 0. The predicted octanol–water partition coefficient (Wildman–Crippen LogP) is 3.10. The summed E-state index contributed by atoms with van der Waals surface area (Å²) in [6, 6.07) is 6.97. The van der Waals surface area contributed by atoms with Crippen molar-refractivity contribution in [1.82, 2.24) is 4.72 Å². The number of hydrogen-bond acceptors (Lipinski definition) is 5. The first-order valence-electron chi connectivity index (χ1n) is 7.49. The fraction of sp³-hybridized carbons (Fsp3) is 0.353. The van der Waals surface area contributed by atoms with Gasteiger partial charge in [-0.1, -0.05) is 0 Å². The molecule has 0 fully saturated rings. The van der Waals surface area contributed by atoms with Gasteiger partial charge in [-0.15, -0.1) is 11.3 Å². The van der Waals surface area contributed by atoms with E-state index in [1.165, 1.54) is 25.4 Å². The standard InChI is InChI=1S/C17H21NO4S2/c1-11-9-15(22-4)17(10-12(11)2)24(20,21)18-8-7-14-5-6-16(23-14)13(3)19/h5-6,9-10,18H,7-8H2,1-4H3. The first-order chi connectivity index (χ1) is 11.2. The van der Waals surface area contributed by atoms with Gasteiger partial charge in [-0.05, 0) is 62.6 Å². The Bertz CT molecular complexity index is 853. The number of methoxy groups -OCH3 is 1. The second kappa shape index (κ2) is 7.46. The molecule has 1 aromatic heterocycles. The van der Waals surface area contributed by atoms with Gasteiger partial charge < -0.3 is 4.74 Å². The normalized spacial score (nSPS) is 11.5. The van der Waals surface area contributed by atoms with Crippen molar-refractivity contribution in [1.29, 1.82) is 0 Å². The molecule has 1 aromatic carbocycles. The number of rotatable bonds is 7. The Morgan fingerprint density at radius 1 is 1.21 bits per heavy atom. The average Bonchev–Trinajstić information content (AvgIpc) is 2.98. The van der Waals surface area contributed by atoms with E-state index >= 15 is 0 Å². The summed E-state index contributed by atoms with van der Waals surface area (Å²) in [6.45, 7) is 5.55. The van der Waals surface area contributed by atoms with Crippen LogP contribution in [0.2, 0.25) is 0 Å². The van der Waals surface area contributed by atoms with Gasteiger partial charge in [-0.2, -0.15) is 0 Å². The first kappa shape index (κ1) is 18.6. The van der Waals surface area contributed by atoms with Crippen molar-refractivity contribution in [2.45, 2.75) is 32.1 Å². The highest BCUT2D eigenvalue weighted by Crippen LogP contribution is 2.27. The highest BCUT2D eigenvalue weighted by molar-refractivity contribution is 7.89. The Morgan fingerprint density at radius 2 is 1.88 bits per heavy atom. The second-order valence-corrected chi connectivity index (χ2v) is 8.46. The molecular weight excluding hydrogens is 346 g/mol. The summed E-state index contributed by atoms with van der Waals surface area (Å²) in [5.74, 6) is 0.354. The number of sulfonamides is 1. The molecule has 130 valence electrons. The summed E-state index contributed by atoms with van der Waals surface area (Å²) in [6.07, 6.45) is 0.532. The third-order valence-corrected chi connectivity index (χ3v) is 6.47. The highest BCUT2D eigenvalue weighted by Gasteiger charge is 2.20. The molecule has 0 atom stereocenters. The fourth-order valence-corrected chi connectivity index (χ4v) is 4.39. The number of nitrogens with one attached hydrogen (secondary N) is 1. The minimum absolute atomic E-state index is 0.0201. The third-order valence-electron chi connectivity index (χ3n) is 3.74. The van der Waals surface area contributed by atoms with Crippen LogP contribution in [0, 0.1) is 13.8 Å². The Balaban J connectivity index is 2.11. The number of hydrogen-bond donors (Lipinski definition) is 1. The minimum Gasteiger partial charge on any atom is -0.495 e. The van der Waals surface area contributed by atoms with Gasteiger partial charge in [-0.3, -0.25) is 4.79 Å². The van der Waals surface area contributed by atoms with E-state index in [4.69, 9.17) is 4.74 Å². The lowest BCUT2D eigenvalue weighted by atomic mass is 10.1. The number of ether oxygens (including phenoxy) is 1. The van der Waals surface area contributed by atoms with E-state index in [0.717, 1.165) is 16.0 Å². The number of ketones is 1. The number of carbonyl (C=O) groups is 1. The summed E-state index contributed by atoms with van der Waals surface area (Å²) >= 11 is 1.39. The van der Waals surface area contributed by atoms with Crippen LogP contribution in [0.5, 0.6) is 5.75 Å². The number of aryl methyl sites for hydroxylation is 2. The van der Waals surface area contributed by atoms with Crippen LogP contribution in [-0.2, 0) is 16.4 Å².